The summed E-state index contributed by atoms with van der Waals surface area (Å²) in [5.74, 6) is 0.958. The molecular weight excluding hydrogens is 274 g/mol. The molecule has 0 aliphatic heterocycles. The minimum atomic E-state index is 0.666. The van der Waals surface area contributed by atoms with Crippen LogP contribution in [0.25, 0.3) is 0 Å². The molecule has 0 saturated heterocycles. The maximum Gasteiger partial charge on any atom is 0.0417 e. The predicted molar refractivity (Wildman–Crippen MR) is 85.0 cm³/mol. The highest BCUT2D eigenvalue weighted by atomic mass is 35.5. The van der Waals surface area contributed by atoms with E-state index < -0.39 is 0 Å². The van der Waals surface area contributed by atoms with E-state index in [1.807, 2.05) is 23.9 Å². The summed E-state index contributed by atoms with van der Waals surface area (Å²) in [6, 6.07) is 14.6. The van der Waals surface area contributed by atoms with Crippen molar-refractivity contribution in [3.8, 4) is 0 Å². The minimum Gasteiger partial charge on any atom is -0.330 e. The smallest absolute Gasteiger partial charge is 0.0417 e. The molecule has 0 bridgehead atoms. The molecule has 0 heterocycles. The van der Waals surface area contributed by atoms with Crippen molar-refractivity contribution in [3.05, 3.63) is 64.2 Å². The predicted octanol–water partition coefficient (Wildman–Crippen LogP) is 4.44. The van der Waals surface area contributed by atoms with Crippen molar-refractivity contribution in [2.24, 2.45) is 5.73 Å². The topological polar surface area (TPSA) is 26.0 Å². The third-order valence-electron chi connectivity index (χ3n) is 2.92. The summed E-state index contributed by atoms with van der Waals surface area (Å²) >= 11 is 7.90. The molecular formula is C16H18ClNS. The highest BCUT2D eigenvalue weighted by molar-refractivity contribution is 7.98. The van der Waals surface area contributed by atoms with E-state index in [4.69, 9.17) is 17.3 Å². The molecule has 2 aromatic carbocycles. The van der Waals surface area contributed by atoms with Crippen molar-refractivity contribution in [2.45, 2.75) is 24.0 Å². The van der Waals surface area contributed by atoms with Gasteiger partial charge in [-0.1, -0.05) is 47.5 Å². The molecule has 0 fully saturated rings. The first-order valence-electron chi connectivity index (χ1n) is 6.36. The Morgan fingerprint density at radius 3 is 2.74 bits per heavy atom. The fourth-order valence-corrected chi connectivity index (χ4v) is 3.29. The second kappa shape index (κ2) is 6.99. The lowest BCUT2D eigenvalue weighted by Crippen LogP contribution is -2.03. The van der Waals surface area contributed by atoms with Gasteiger partial charge in [-0.3, -0.25) is 0 Å². The molecule has 0 spiro atoms. The fraction of sp³-hybridized carbons (Fsp3) is 0.250. The summed E-state index contributed by atoms with van der Waals surface area (Å²) in [5, 5.41) is 0.785. The fourth-order valence-electron chi connectivity index (χ4n) is 1.99. The molecule has 100 valence electrons. The molecule has 3 heteroatoms. The molecule has 1 nitrogen and oxygen atoms in total. The van der Waals surface area contributed by atoms with Crippen LogP contribution >= 0.6 is 23.4 Å². The third-order valence-corrected chi connectivity index (χ3v) is 4.32. The number of rotatable bonds is 5. The Kier molecular flexibility index (Phi) is 5.32. The summed E-state index contributed by atoms with van der Waals surface area (Å²) in [4.78, 5) is 1.24. The number of hydrogen-bond acceptors (Lipinski definition) is 2. The first-order valence-corrected chi connectivity index (χ1v) is 7.72. The molecule has 0 aliphatic rings. The molecule has 0 atom stereocenters. The van der Waals surface area contributed by atoms with E-state index >= 15 is 0 Å². The van der Waals surface area contributed by atoms with Gasteiger partial charge in [-0.25, -0.2) is 0 Å². The van der Waals surface area contributed by atoms with Crippen LogP contribution < -0.4 is 5.73 Å². The van der Waals surface area contributed by atoms with Gasteiger partial charge in [0.15, 0.2) is 0 Å². The van der Waals surface area contributed by atoms with E-state index in [9.17, 15) is 0 Å². The van der Waals surface area contributed by atoms with Crippen molar-refractivity contribution in [3.63, 3.8) is 0 Å². The van der Waals surface area contributed by atoms with Crippen LogP contribution in [-0.4, -0.2) is 6.54 Å². The van der Waals surface area contributed by atoms with Crippen LogP contribution in [0.4, 0.5) is 0 Å². The zero-order chi connectivity index (χ0) is 13.7. The molecule has 2 N–H and O–H groups in total. The van der Waals surface area contributed by atoms with Crippen molar-refractivity contribution in [2.75, 3.05) is 6.54 Å². The van der Waals surface area contributed by atoms with Crippen LogP contribution in [0, 0.1) is 6.92 Å². The molecule has 0 aliphatic carbocycles. The Hall–Kier alpha value is -0.960. The third kappa shape index (κ3) is 4.27. The molecule has 0 saturated carbocycles. The Morgan fingerprint density at radius 2 is 2.00 bits per heavy atom. The first-order chi connectivity index (χ1) is 9.19. The van der Waals surface area contributed by atoms with Crippen LogP contribution in [0.15, 0.2) is 47.4 Å². The van der Waals surface area contributed by atoms with Crippen LogP contribution in [0.2, 0.25) is 5.02 Å². The lowest BCUT2D eigenvalue weighted by atomic mass is 10.1. The summed E-state index contributed by atoms with van der Waals surface area (Å²) < 4.78 is 0. The number of thioether (sulfide) groups is 1. The Labute approximate surface area is 124 Å². The zero-order valence-electron chi connectivity index (χ0n) is 11.0. The Morgan fingerprint density at radius 1 is 1.16 bits per heavy atom. The highest BCUT2D eigenvalue weighted by Crippen LogP contribution is 2.29. The van der Waals surface area contributed by atoms with Crippen LogP contribution in [-0.2, 0) is 12.2 Å². The van der Waals surface area contributed by atoms with Crippen LogP contribution in [0.3, 0.4) is 0 Å². The average Bonchev–Trinajstić information content (AvgIpc) is 2.39. The lowest BCUT2D eigenvalue weighted by molar-refractivity contribution is 0.944. The molecule has 2 aromatic rings. The highest BCUT2D eigenvalue weighted by Gasteiger charge is 2.04. The largest absolute Gasteiger partial charge is 0.330 e. The van der Waals surface area contributed by atoms with Gasteiger partial charge in [0.1, 0.15) is 0 Å². The van der Waals surface area contributed by atoms with Gasteiger partial charge >= 0.3 is 0 Å². The monoisotopic (exact) mass is 291 g/mol. The van der Waals surface area contributed by atoms with Crippen LogP contribution in [0.1, 0.15) is 16.7 Å². The molecule has 0 aromatic heterocycles. The number of hydrogen-bond donors (Lipinski definition) is 1. The summed E-state index contributed by atoms with van der Waals surface area (Å²) in [6.07, 6.45) is 0.896. The summed E-state index contributed by atoms with van der Waals surface area (Å²) in [6.45, 7) is 2.78. The SMILES string of the molecule is Cc1cccc(CSc2cc(Cl)ccc2CCN)c1. The average molecular weight is 292 g/mol. The number of benzene rings is 2. The molecule has 2 rings (SSSR count). The molecule has 19 heavy (non-hydrogen) atoms. The van der Waals surface area contributed by atoms with Gasteiger partial charge in [0.05, 0.1) is 0 Å². The normalized spacial score (nSPS) is 10.7. The minimum absolute atomic E-state index is 0.666. The van der Waals surface area contributed by atoms with Gasteiger partial charge in [-0.2, -0.15) is 0 Å². The van der Waals surface area contributed by atoms with Gasteiger partial charge in [0.25, 0.3) is 0 Å². The van der Waals surface area contributed by atoms with E-state index in [0.29, 0.717) is 6.54 Å². The van der Waals surface area contributed by atoms with E-state index in [1.54, 1.807) is 0 Å². The van der Waals surface area contributed by atoms with Gasteiger partial charge in [-0.15, -0.1) is 11.8 Å². The van der Waals surface area contributed by atoms with Crippen molar-refractivity contribution < 1.29 is 0 Å². The van der Waals surface area contributed by atoms with Crippen molar-refractivity contribution in [1.29, 1.82) is 0 Å². The molecule has 0 radical (unpaired) electrons. The number of aryl methyl sites for hydroxylation is 1. The molecule has 0 unspecified atom stereocenters. The zero-order valence-corrected chi connectivity index (χ0v) is 12.6. The lowest BCUT2D eigenvalue weighted by Gasteiger charge is -2.09. The van der Waals surface area contributed by atoms with Gasteiger partial charge in [0, 0.05) is 15.7 Å². The maximum absolute atomic E-state index is 6.08. The van der Waals surface area contributed by atoms with Gasteiger partial charge in [0.2, 0.25) is 0 Å². The van der Waals surface area contributed by atoms with Crippen LogP contribution in [0.5, 0.6) is 0 Å². The van der Waals surface area contributed by atoms with E-state index in [0.717, 1.165) is 17.2 Å². The maximum atomic E-state index is 6.08. The number of halogens is 1. The Balaban J connectivity index is 2.12. The van der Waals surface area contributed by atoms with E-state index in [2.05, 4.69) is 37.3 Å². The quantitative estimate of drug-likeness (QED) is 0.824. The van der Waals surface area contributed by atoms with Gasteiger partial charge in [-0.05, 0) is 43.1 Å². The van der Waals surface area contributed by atoms with Crippen molar-refractivity contribution in [1.82, 2.24) is 0 Å². The van der Waals surface area contributed by atoms with E-state index in [-0.39, 0.29) is 0 Å². The van der Waals surface area contributed by atoms with Crippen molar-refractivity contribution >= 4 is 23.4 Å². The number of nitrogens with two attached hydrogens (primary N) is 1. The standard InChI is InChI=1S/C16H18ClNS/c1-12-3-2-4-13(9-12)11-19-16-10-15(17)6-5-14(16)7-8-18/h2-6,9-10H,7-8,11,18H2,1H3. The first kappa shape index (κ1) is 14.4. The second-order valence-corrected chi connectivity index (χ2v) is 6.02. The summed E-state index contributed by atoms with van der Waals surface area (Å²) in [5.41, 5.74) is 9.57. The summed E-state index contributed by atoms with van der Waals surface area (Å²) in [7, 11) is 0. The van der Waals surface area contributed by atoms with E-state index in [1.165, 1.54) is 21.6 Å². The van der Waals surface area contributed by atoms with Gasteiger partial charge < -0.3 is 5.73 Å². The second-order valence-electron chi connectivity index (χ2n) is 4.57. The molecule has 0 amide bonds. The Bertz CT molecular complexity index is 554.